The van der Waals surface area contributed by atoms with Crippen molar-refractivity contribution in [2.45, 2.75) is 13.8 Å². The van der Waals surface area contributed by atoms with Crippen LogP contribution in [0.1, 0.15) is 21.5 Å². The molecule has 1 fully saturated rings. The summed E-state index contributed by atoms with van der Waals surface area (Å²) in [7, 11) is 0. The SMILES string of the molecule is Cc1cnc(N2CCN(C(=O)c3csc(Br)c3)CC2)c(C)c1. The van der Waals surface area contributed by atoms with E-state index in [4.69, 9.17) is 0 Å². The Morgan fingerprint density at radius 2 is 1.95 bits per heavy atom. The van der Waals surface area contributed by atoms with Gasteiger partial charge in [0.15, 0.2) is 0 Å². The molecular weight excluding hydrogens is 362 g/mol. The van der Waals surface area contributed by atoms with Crippen LogP contribution in [0.25, 0.3) is 0 Å². The topological polar surface area (TPSA) is 36.4 Å². The number of aryl methyl sites for hydroxylation is 2. The number of carbonyl (C=O) groups is 1. The molecule has 22 heavy (non-hydrogen) atoms. The molecule has 4 nitrogen and oxygen atoms in total. The molecule has 0 radical (unpaired) electrons. The van der Waals surface area contributed by atoms with Gasteiger partial charge < -0.3 is 9.80 Å². The monoisotopic (exact) mass is 379 g/mol. The lowest BCUT2D eigenvalue weighted by Gasteiger charge is -2.36. The normalized spacial score (nSPS) is 15.2. The number of halogens is 1. The summed E-state index contributed by atoms with van der Waals surface area (Å²) < 4.78 is 0.994. The van der Waals surface area contributed by atoms with Crippen molar-refractivity contribution in [2.75, 3.05) is 31.1 Å². The van der Waals surface area contributed by atoms with Gasteiger partial charge in [0.25, 0.3) is 5.91 Å². The zero-order chi connectivity index (χ0) is 15.7. The molecule has 3 heterocycles. The van der Waals surface area contributed by atoms with Gasteiger partial charge in [0.2, 0.25) is 0 Å². The predicted octanol–water partition coefficient (Wildman–Crippen LogP) is 3.48. The van der Waals surface area contributed by atoms with Crippen molar-refractivity contribution < 1.29 is 4.79 Å². The Labute approximate surface area is 142 Å². The molecule has 1 saturated heterocycles. The van der Waals surface area contributed by atoms with Crippen LogP contribution in [0.15, 0.2) is 27.5 Å². The highest BCUT2D eigenvalue weighted by atomic mass is 79.9. The van der Waals surface area contributed by atoms with E-state index >= 15 is 0 Å². The van der Waals surface area contributed by atoms with Crippen molar-refractivity contribution in [3.05, 3.63) is 44.2 Å². The molecule has 1 aliphatic rings. The molecule has 0 atom stereocenters. The first kappa shape index (κ1) is 15.5. The predicted molar refractivity (Wildman–Crippen MR) is 93.8 cm³/mol. The van der Waals surface area contributed by atoms with Crippen molar-refractivity contribution in [1.82, 2.24) is 9.88 Å². The van der Waals surface area contributed by atoms with Gasteiger partial charge >= 0.3 is 0 Å². The van der Waals surface area contributed by atoms with Crippen LogP contribution in [0.3, 0.4) is 0 Å². The van der Waals surface area contributed by atoms with Crippen LogP contribution in [-0.2, 0) is 0 Å². The zero-order valence-electron chi connectivity index (χ0n) is 12.7. The highest BCUT2D eigenvalue weighted by molar-refractivity contribution is 9.11. The van der Waals surface area contributed by atoms with E-state index in [1.165, 1.54) is 11.1 Å². The minimum absolute atomic E-state index is 0.121. The molecule has 1 amide bonds. The fraction of sp³-hybridized carbons (Fsp3) is 0.375. The maximum absolute atomic E-state index is 12.4. The molecule has 0 unspecified atom stereocenters. The van der Waals surface area contributed by atoms with Gasteiger partial charge in [-0.2, -0.15) is 0 Å². The third-order valence-corrected chi connectivity index (χ3v) is 5.37. The summed E-state index contributed by atoms with van der Waals surface area (Å²) in [5.41, 5.74) is 3.15. The van der Waals surface area contributed by atoms with Gasteiger partial charge in [-0.3, -0.25) is 4.79 Å². The van der Waals surface area contributed by atoms with Crippen molar-refractivity contribution in [3.8, 4) is 0 Å². The van der Waals surface area contributed by atoms with Crippen molar-refractivity contribution >= 4 is 39.0 Å². The number of aromatic nitrogens is 1. The van der Waals surface area contributed by atoms with E-state index in [9.17, 15) is 4.79 Å². The standard InChI is InChI=1S/C16H18BrN3OS/c1-11-7-12(2)15(18-9-11)19-3-5-20(6-4-19)16(21)13-8-14(17)22-10-13/h7-10H,3-6H2,1-2H3. The number of carbonyl (C=O) groups excluding carboxylic acids is 1. The Morgan fingerprint density at radius 3 is 2.55 bits per heavy atom. The fourth-order valence-electron chi connectivity index (χ4n) is 2.77. The number of thiophene rings is 1. The second-order valence-electron chi connectivity index (χ2n) is 5.57. The van der Waals surface area contributed by atoms with Crippen LogP contribution in [0.2, 0.25) is 0 Å². The van der Waals surface area contributed by atoms with Crippen molar-refractivity contribution in [3.63, 3.8) is 0 Å². The van der Waals surface area contributed by atoms with Gasteiger partial charge in [0, 0.05) is 37.8 Å². The third kappa shape index (κ3) is 3.17. The van der Waals surface area contributed by atoms with Crippen LogP contribution in [0, 0.1) is 13.8 Å². The van der Waals surface area contributed by atoms with Crippen LogP contribution < -0.4 is 4.90 Å². The Hall–Kier alpha value is -1.40. The summed E-state index contributed by atoms with van der Waals surface area (Å²) in [5.74, 6) is 1.16. The highest BCUT2D eigenvalue weighted by Crippen LogP contribution is 2.23. The van der Waals surface area contributed by atoms with Crippen LogP contribution in [0.4, 0.5) is 5.82 Å². The molecule has 0 saturated carbocycles. The number of pyridine rings is 1. The molecule has 1 aliphatic heterocycles. The fourth-order valence-corrected chi connectivity index (χ4v) is 3.90. The van der Waals surface area contributed by atoms with Gasteiger partial charge in [0.1, 0.15) is 5.82 Å². The number of nitrogens with zero attached hydrogens (tertiary/aromatic N) is 3. The van der Waals surface area contributed by atoms with E-state index in [2.05, 4.69) is 45.7 Å². The molecule has 2 aromatic heterocycles. The lowest BCUT2D eigenvalue weighted by Crippen LogP contribution is -2.49. The number of piperazine rings is 1. The lowest BCUT2D eigenvalue weighted by atomic mass is 10.2. The van der Waals surface area contributed by atoms with Gasteiger partial charge in [-0.25, -0.2) is 4.98 Å². The van der Waals surface area contributed by atoms with Gasteiger partial charge in [-0.1, -0.05) is 6.07 Å². The van der Waals surface area contributed by atoms with Crippen LogP contribution in [-0.4, -0.2) is 42.0 Å². The first-order valence-electron chi connectivity index (χ1n) is 7.26. The first-order chi connectivity index (χ1) is 10.5. The zero-order valence-corrected chi connectivity index (χ0v) is 15.1. The van der Waals surface area contributed by atoms with Crippen molar-refractivity contribution in [2.24, 2.45) is 0 Å². The van der Waals surface area contributed by atoms with E-state index in [0.29, 0.717) is 0 Å². The third-order valence-electron chi connectivity index (χ3n) is 3.87. The first-order valence-corrected chi connectivity index (χ1v) is 8.93. The maximum Gasteiger partial charge on any atom is 0.254 e. The molecule has 0 N–H and O–H groups in total. The summed E-state index contributed by atoms with van der Waals surface area (Å²) in [6.45, 7) is 7.28. The van der Waals surface area contributed by atoms with Crippen LogP contribution in [0.5, 0.6) is 0 Å². The number of amides is 1. The van der Waals surface area contributed by atoms with Gasteiger partial charge in [-0.05, 0) is 47.0 Å². The average molecular weight is 380 g/mol. The smallest absolute Gasteiger partial charge is 0.254 e. The van der Waals surface area contributed by atoms with E-state index in [1.54, 1.807) is 11.3 Å². The van der Waals surface area contributed by atoms with Gasteiger partial charge in [0.05, 0.1) is 9.35 Å². The largest absolute Gasteiger partial charge is 0.353 e. The van der Waals surface area contributed by atoms with E-state index in [-0.39, 0.29) is 5.91 Å². The molecule has 0 spiro atoms. The second-order valence-corrected chi connectivity index (χ2v) is 7.86. The molecule has 116 valence electrons. The number of rotatable bonds is 2. The summed E-state index contributed by atoms with van der Waals surface area (Å²) in [5, 5.41) is 1.91. The summed E-state index contributed by atoms with van der Waals surface area (Å²) in [6, 6.07) is 4.05. The van der Waals surface area contributed by atoms with E-state index in [0.717, 1.165) is 41.3 Å². The molecule has 0 aromatic carbocycles. The Kier molecular flexibility index (Phi) is 4.49. The maximum atomic E-state index is 12.4. The van der Waals surface area contributed by atoms with E-state index < -0.39 is 0 Å². The van der Waals surface area contributed by atoms with Crippen molar-refractivity contribution in [1.29, 1.82) is 0 Å². The highest BCUT2D eigenvalue weighted by Gasteiger charge is 2.24. The summed E-state index contributed by atoms with van der Waals surface area (Å²) >= 11 is 4.96. The number of hydrogen-bond donors (Lipinski definition) is 0. The minimum atomic E-state index is 0.121. The molecule has 3 rings (SSSR count). The molecular formula is C16H18BrN3OS. The number of hydrogen-bond acceptors (Lipinski definition) is 4. The second kappa shape index (κ2) is 6.38. The summed E-state index contributed by atoms with van der Waals surface area (Å²) in [6.07, 6.45) is 1.91. The van der Waals surface area contributed by atoms with Gasteiger partial charge in [-0.15, -0.1) is 11.3 Å². The Morgan fingerprint density at radius 1 is 1.23 bits per heavy atom. The quantitative estimate of drug-likeness (QED) is 0.801. The molecule has 0 aliphatic carbocycles. The van der Waals surface area contributed by atoms with E-state index in [1.807, 2.05) is 22.5 Å². The minimum Gasteiger partial charge on any atom is -0.353 e. The molecule has 0 bridgehead atoms. The molecule has 2 aromatic rings. The average Bonchev–Trinajstić information content (AvgIpc) is 2.93. The Bertz CT molecular complexity index is 692. The Balaban J connectivity index is 1.66. The summed E-state index contributed by atoms with van der Waals surface area (Å²) in [4.78, 5) is 21.2. The van der Waals surface area contributed by atoms with Crippen LogP contribution >= 0.6 is 27.3 Å². The number of anilines is 1. The molecule has 6 heteroatoms. The lowest BCUT2D eigenvalue weighted by molar-refractivity contribution is 0.0747.